The van der Waals surface area contributed by atoms with E-state index in [2.05, 4.69) is 17.6 Å². The lowest BCUT2D eigenvalue weighted by Crippen LogP contribution is -2.54. The molecule has 82 valence electrons. The van der Waals surface area contributed by atoms with Gasteiger partial charge in [-0.3, -0.25) is 0 Å². The number of hydrogen-bond donors (Lipinski definition) is 2. The predicted octanol–water partition coefficient (Wildman–Crippen LogP) is 1.89. The number of halogens is 2. The molecule has 2 N–H and O–H groups in total. The Kier molecular flexibility index (Phi) is 2.96. The van der Waals surface area contributed by atoms with Crippen LogP contribution in [-0.2, 0) is 5.54 Å². The van der Waals surface area contributed by atoms with Gasteiger partial charge in [0.1, 0.15) is 5.82 Å². The van der Waals surface area contributed by atoms with E-state index in [9.17, 15) is 4.39 Å². The fourth-order valence-electron chi connectivity index (χ4n) is 1.87. The first kappa shape index (κ1) is 10.9. The third-order valence-electron chi connectivity index (χ3n) is 2.85. The highest BCUT2D eigenvalue weighted by atomic mass is 35.5. The van der Waals surface area contributed by atoms with Crippen LogP contribution in [0.5, 0.6) is 0 Å². The average molecular weight is 229 g/mol. The number of nitrogens with one attached hydrogen (secondary N) is 2. The van der Waals surface area contributed by atoms with Gasteiger partial charge < -0.3 is 10.6 Å². The summed E-state index contributed by atoms with van der Waals surface area (Å²) in [7, 11) is 0. The lowest BCUT2D eigenvalue weighted by Gasteiger charge is -2.36. The standard InChI is InChI=1S/C11H14ClFN2/c1-11(7-14-4-5-15-11)8-2-3-10(13)9(12)6-8/h2-3,6,14-15H,4-5,7H2,1H3. The van der Waals surface area contributed by atoms with E-state index in [0.29, 0.717) is 0 Å². The zero-order chi connectivity index (χ0) is 10.9. The van der Waals surface area contributed by atoms with E-state index in [-0.39, 0.29) is 16.4 Å². The molecule has 0 amide bonds. The summed E-state index contributed by atoms with van der Waals surface area (Å²) in [5, 5.41) is 6.90. The van der Waals surface area contributed by atoms with Gasteiger partial charge >= 0.3 is 0 Å². The molecule has 1 saturated heterocycles. The molecule has 2 rings (SSSR count). The molecule has 0 spiro atoms. The van der Waals surface area contributed by atoms with Crippen LogP contribution < -0.4 is 10.6 Å². The number of benzene rings is 1. The van der Waals surface area contributed by atoms with Gasteiger partial charge in [-0.25, -0.2) is 4.39 Å². The lowest BCUT2D eigenvalue weighted by molar-refractivity contribution is 0.303. The fraction of sp³-hybridized carbons (Fsp3) is 0.455. The highest BCUT2D eigenvalue weighted by Gasteiger charge is 2.28. The van der Waals surface area contributed by atoms with E-state index in [4.69, 9.17) is 11.6 Å². The zero-order valence-electron chi connectivity index (χ0n) is 8.61. The van der Waals surface area contributed by atoms with Crippen molar-refractivity contribution in [2.24, 2.45) is 0 Å². The van der Waals surface area contributed by atoms with Crippen molar-refractivity contribution in [3.05, 3.63) is 34.6 Å². The monoisotopic (exact) mass is 228 g/mol. The van der Waals surface area contributed by atoms with Gasteiger partial charge in [0.05, 0.1) is 10.6 Å². The molecule has 0 bridgehead atoms. The van der Waals surface area contributed by atoms with Crippen LogP contribution in [0, 0.1) is 5.82 Å². The second kappa shape index (κ2) is 4.08. The van der Waals surface area contributed by atoms with E-state index in [1.807, 2.05) is 0 Å². The SMILES string of the molecule is CC1(c2ccc(F)c(Cl)c2)CNCCN1. The Morgan fingerprint density at radius 1 is 1.40 bits per heavy atom. The maximum Gasteiger partial charge on any atom is 0.141 e. The first-order valence-electron chi connectivity index (χ1n) is 5.03. The third-order valence-corrected chi connectivity index (χ3v) is 3.14. The molecule has 1 aliphatic rings. The Bertz CT molecular complexity index is 362. The van der Waals surface area contributed by atoms with E-state index in [0.717, 1.165) is 25.2 Å². The Labute approximate surface area is 93.8 Å². The molecular weight excluding hydrogens is 215 g/mol. The van der Waals surface area contributed by atoms with Crippen LogP contribution in [0.15, 0.2) is 18.2 Å². The smallest absolute Gasteiger partial charge is 0.141 e. The van der Waals surface area contributed by atoms with Gasteiger partial charge in [0.25, 0.3) is 0 Å². The minimum Gasteiger partial charge on any atom is -0.313 e. The van der Waals surface area contributed by atoms with Crippen molar-refractivity contribution in [3.8, 4) is 0 Å². The molecule has 1 aromatic carbocycles. The van der Waals surface area contributed by atoms with E-state index in [1.54, 1.807) is 12.1 Å². The molecule has 0 aromatic heterocycles. The van der Waals surface area contributed by atoms with Crippen molar-refractivity contribution in [1.82, 2.24) is 10.6 Å². The Morgan fingerprint density at radius 2 is 2.20 bits per heavy atom. The molecule has 0 saturated carbocycles. The second-order valence-electron chi connectivity index (χ2n) is 4.06. The van der Waals surface area contributed by atoms with Gasteiger partial charge in [0, 0.05) is 19.6 Å². The van der Waals surface area contributed by atoms with Gasteiger partial charge in [-0.2, -0.15) is 0 Å². The number of hydrogen-bond acceptors (Lipinski definition) is 2. The van der Waals surface area contributed by atoms with Crippen LogP contribution in [0.1, 0.15) is 12.5 Å². The average Bonchev–Trinajstić information content (AvgIpc) is 2.23. The third kappa shape index (κ3) is 2.14. The summed E-state index contributed by atoms with van der Waals surface area (Å²) in [6, 6.07) is 4.89. The first-order chi connectivity index (χ1) is 7.12. The van der Waals surface area contributed by atoms with E-state index >= 15 is 0 Å². The van der Waals surface area contributed by atoms with Gasteiger partial charge in [-0.1, -0.05) is 17.7 Å². The minimum absolute atomic E-state index is 0.157. The van der Waals surface area contributed by atoms with Crippen molar-refractivity contribution in [3.63, 3.8) is 0 Å². The van der Waals surface area contributed by atoms with Crippen LogP contribution >= 0.6 is 11.6 Å². The van der Waals surface area contributed by atoms with Crippen LogP contribution in [0.3, 0.4) is 0 Å². The Morgan fingerprint density at radius 3 is 2.80 bits per heavy atom. The van der Waals surface area contributed by atoms with Gasteiger partial charge in [0.2, 0.25) is 0 Å². The molecule has 1 aromatic rings. The van der Waals surface area contributed by atoms with Crippen LogP contribution in [0.25, 0.3) is 0 Å². The Hall–Kier alpha value is -0.640. The molecule has 1 aliphatic heterocycles. The quantitative estimate of drug-likeness (QED) is 0.767. The summed E-state index contributed by atoms with van der Waals surface area (Å²) in [5.41, 5.74) is 0.858. The summed E-state index contributed by atoms with van der Waals surface area (Å²) in [6.07, 6.45) is 0. The van der Waals surface area contributed by atoms with Crippen molar-refractivity contribution >= 4 is 11.6 Å². The first-order valence-corrected chi connectivity index (χ1v) is 5.41. The highest BCUT2D eigenvalue weighted by molar-refractivity contribution is 6.30. The van der Waals surface area contributed by atoms with Gasteiger partial charge in [-0.05, 0) is 24.6 Å². The second-order valence-corrected chi connectivity index (χ2v) is 4.47. The van der Waals surface area contributed by atoms with E-state index in [1.165, 1.54) is 6.07 Å². The van der Waals surface area contributed by atoms with Crippen molar-refractivity contribution in [1.29, 1.82) is 0 Å². The summed E-state index contributed by atoms with van der Waals surface area (Å²) in [4.78, 5) is 0. The molecule has 1 atom stereocenters. The van der Waals surface area contributed by atoms with Crippen molar-refractivity contribution in [2.45, 2.75) is 12.5 Å². The van der Waals surface area contributed by atoms with E-state index < -0.39 is 0 Å². The van der Waals surface area contributed by atoms with Crippen LogP contribution in [-0.4, -0.2) is 19.6 Å². The number of rotatable bonds is 1. The van der Waals surface area contributed by atoms with Gasteiger partial charge in [-0.15, -0.1) is 0 Å². The molecule has 0 radical (unpaired) electrons. The van der Waals surface area contributed by atoms with Crippen molar-refractivity contribution in [2.75, 3.05) is 19.6 Å². The van der Waals surface area contributed by atoms with Crippen molar-refractivity contribution < 1.29 is 4.39 Å². The van der Waals surface area contributed by atoms with Crippen LogP contribution in [0.2, 0.25) is 5.02 Å². The fourth-order valence-corrected chi connectivity index (χ4v) is 2.05. The summed E-state index contributed by atoms with van der Waals surface area (Å²) in [6.45, 7) is 4.79. The molecule has 2 nitrogen and oxygen atoms in total. The van der Waals surface area contributed by atoms with Crippen LogP contribution in [0.4, 0.5) is 4.39 Å². The summed E-state index contributed by atoms with van der Waals surface area (Å²) >= 11 is 5.77. The molecule has 1 heterocycles. The minimum atomic E-state index is -0.368. The summed E-state index contributed by atoms with van der Waals surface area (Å²) in [5.74, 6) is -0.368. The molecular formula is C11H14ClFN2. The Balaban J connectivity index is 2.31. The maximum atomic E-state index is 13.0. The summed E-state index contributed by atoms with van der Waals surface area (Å²) < 4.78 is 13.0. The zero-order valence-corrected chi connectivity index (χ0v) is 9.37. The van der Waals surface area contributed by atoms with Gasteiger partial charge in [0.15, 0.2) is 0 Å². The topological polar surface area (TPSA) is 24.1 Å². The lowest BCUT2D eigenvalue weighted by atomic mass is 9.90. The molecule has 4 heteroatoms. The predicted molar refractivity (Wildman–Crippen MR) is 59.6 cm³/mol. The molecule has 15 heavy (non-hydrogen) atoms. The largest absolute Gasteiger partial charge is 0.313 e. The molecule has 0 aliphatic carbocycles. The molecule has 1 fully saturated rings. The highest BCUT2D eigenvalue weighted by Crippen LogP contribution is 2.25. The maximum absolute atomic E-state index is 13.0. The normalized spacial score (nSPS) is 26.6. The molecule has 1 unspecified atom stereocenters. The number of piperazine rings is 1.